The quantitative estimate of drug-likeness (QED) is 0.773. The monoisotopic (exact) mass is 211 g/mol. The topological polar surface area (TPSA) is 53.0 Å². The molecule has 2 atom stereocenters. The summed E-state index contributed by atoms with van der Waals surface area (Å²) in [7, 11) is 2.09. The third-order valence-corrected chi connectivity index (χ3v) is 3.15. The van der Waals surface area contributed by atoms with Crippen LogP contribution in [0.25, 0.3) is 0 Å². The lowest BCUT2D eigenvalue weighted by atomic mass is 9.87. The molecule has 0 aromatic carbocycles. The predicted octanol–water partition coefficient (Wildman–Crippen LogP) is 1.98. The third kappa shape index (κ3) is 5.15. The molecule has 0 amide bonds. The van der Waals surface area contributed by atoms with E-state index in [0.717, 1.165) is 6.54 Å². The smallest absolute Gasteiger partial charge is 0.102 e. The summed E-state index contributed by atoms with van der Waals surface area (Å²) < 4.78 is 0. The van der Waals surface area contributed by atoms with Crippen LogP contribution < -0.4 is 5.73 Å². The first-order chi connectivity index (χ1) is 6.60. The molecule has 3 heteroatoms. The molecule has 0 radical (unpaired) electrons. The van der Waals surface area contributed by atoms with E-state index < -0.39 is 5.54 Å². The molecule has 0 aliphatic heterocycles. The number of hydrogen-bond donors (Lipinski definition) is 1. The second-order valence-corrected chi connectivity index (χ2v) is 5.80. The summed E-state index contributed by atoms with van der Waals surface area (Å²) in [4.78, 5) is 2.27. The minimum Gasteiger partial charge on any atom is -0.314 e. The van der Waals surface area contributed by atoms with Gasteiger partial charge in [0, 0.05) is 12.6 Å². The summed E-state index contributed by atoms with van der Waals surface area (Å²) in [5.41, 5.74) is 5.34. The maximum Gasteiger partial charge on any atom is 0.102 e. The van der Waals surface area contributed by atoms with Crippen molar-refractivity contribution in [1.82, 2.24) is 4.90 Å². The minimum atomic E-state index is -0.703. The van der Waals surface area contributed by atoms with Gasteiger partial charge in [0.1, 0.15) is 5.54 Å². The highest BCUT2D eigenvalue weighted by Gasteiger charge is 2.25. The molecule has 0 saturated carbocycles. The average molecular weight is 211 g/mol. The molecule has 2 N–H and O–H groups in total. The molecule has 0 bridgehead atoms. The van der Waals surface area contributed by atoms with Crippen LogP contribution in [0.1, 0.15) is 41.0 Å². The van der Waals surface area contributed by atoms with Crippen molar-refractivity contribution >= 4 is 0 Å². The summed E-state index contributed by atoms with van der Waals surface area (Å²) in [6.07, 6.45) is 0.709. The van der Waals surface area contributed by atoms with Gasteiger partial charge in [0.15, 0.2) is 0 Å². The molecule has 0 rings (SSSR count). The van der Waals surface area contributed by atoms with Crippen LogP contribution in [0.5, 0.6) is 0 Å². The molecule has 0 aromatic rings. The number of rotatable bonds is 4. The summed E-state index contributed by atoms with van der Waals surface area (Å²) in [6.45, 7) is 11.5. The fourth-order valence-corrected chi connectivity index (χ4v) is 1.32. The van der Waals surface area contributed by atoms with Gasteiger partial charge in [-0.05, 0) is 32.7 Å². The lowest BCUT2D eigenvalue weighted by Crippen LogP contribution is -2.44. The van der Waals surface area contributed by atoms with Crippen LogP contribution in [0.3, 0.4) is 0 Å². The van der Waals surface area contributed by atoms with E-state index in [9.17, 15) is 0 Å². The van der Waals surface area contributed by atoms with E-state index >= 15 is 0 Å². The van der Waals surface area contributed by atoms with Gasteiger partial charge in [0.05, 0.1) is 6.07 Å². The molecule has 0 saturated heterocycles. The van der Waals surface area contributed by atoms with Crippen molar-refractivity contribution in [2.75, 3.05) is 13.6 Å². The van der Waals surface area contributed by atoms with E-state index in [4.69, 9.17) is 11.0 Å². The Bertz CT molecular complexity index is 232. The van der Waals surface area contributed by atoms with Crippen LogP contribution in [0.15, 0.2) is 0 Å². The first-order valence-electron chi connectivity index (χ1n) is 5.50. The van der Waals surface area contributed by atoms with Crippen molar-refractivity contribution in [1.29, 1.82) is 5.26 Å². The Morgan fingerprint density at radius 2 is 1.80 bits per heavy atom. The Balaban J connectivity index is 4.17. The number of nitrogens with zero attached hydrogens (tertiary/aromatic N) is 2. The highest BCUT2D eigenvalue weighted by Crippen LogP contribution is 2.23. The van der Waals surface area contributed by atoms with Gasteiger partial charge in [-0.25, -0.2) is 0 Å². The van der Waals surface area contributed by atoms with Crippen molar-refractivity contribution < 1.29 is 0 Å². The molecule has 0 spiro atoms. The third-order valence-electron chi connectivity index (χ3n) is 3.15. The minimum absolute atomic E-state index is 0.256. The van der Waals surface area contributed by atoms with E-state index in [1.165, 1.54) is 0 Å². The van der Waals surface area contributed by atoms with Crippen molar-refractivity contribution in [2.24, 2.45) is 11.1 Å². The molecular formula is C12H25N3. The number of hydrogen-bond acceptors (Lipinski definition) is 3. The van der Waals surface area contributed by atoms with Crippen LogP contribution >= 0.6 is 0 Å². The fourth-order valence-electron chi connectivity index (χ4n) is 1.32. The van der Waals surface area contributed by atoms with Crippen LogP contribution in [-0.4, -0.2) is 30.1 Å². The second kappa shape index (κ2) is 4.96. The first-order valence-corrected chi connectivity index (χ1v) is 5.50. The normalized spacial score (nSPS) is 18.3. The van der Waals surface area contributed by atoms with E-state index in [0.29, 0.717) is 12.5 Å². The van der Waals surface area contributed by atoms with E-state index in [1.54, 1.807) is 6.92 Å². The van der Waals surface area contributed by atoms with Crippen LogP contribution in [-0.2, 0) is 0 Å². The van der Waals surface area contributed by atoms with Crippen molar-refractivity contribution in [3.8, 4) is 6.07 Å². The van der Waals surface area contributed by atoms with Gasteiger partial charge < -0.3 is 10.6 Å². The van der Waals surface area contributed by atoms with E-state index in [2.05, 4.69) is 45.7 Å². The van der Waals surface area contributed by atoms with Gasteiger partial charge in [-0.2, -0.15) is 5.26 Å². The molecule has 15 heavy (non-hydrogen) atoms. The zero-order chi connectivity index (χ0) is 12.3. The van der Waals surface area contributed by atoms with Crippen molar-refractivity contribution in [3.63, 3.8) is 0 Å². The van der Waals surface area contributed by atoms with Crippen LogP contribution in [0, 0.1) is 16.7 Å². The molecular weight excluding hydrogens is 186 g/mol. The lowest BCUT2D eigenvalue weighted by Gasteiger charge is -2.36. The Morgan fingerprint density at radius 1 is 1.33 bits per heavy atom. The molecule has 88 valence electrons. The molecule has 3 nitrogen and oxygen atoms in total. The highest BCUT2D eigenvalue weighted by atomic mass is 15.1. The summed E-state index contributed by atoms with van der Waals surface area (Å²) in [5.74, 6) is 0. The fraction of sp³-hybridized carbons (Fsp3) is 0.917. The molecule has 0 heterocycles. The average Bonchev–Trinajstić information content (AvgIpc) is 2.11. The molecule has 2 unspecified atom stereocenters. The van der Waals surface area contributed by atoms with Gasteiger partial charge in [0.2, 0.25) is 0 Å². The Morgan fingerprint density at radius 3 is 2.13 bits per heavy atom. The summed E-state index contributed by atoms with van der Waals surface area (Å²) in [5, 5.41) is 8.81. The van der Waals surface area contributed by atoms with Gasteiger partial charge in [-0.3, -0.25) is 0 Å². The van der Waals surface area contributed by atoms with Gasteiger partial charge in [0.25, 0.3) is 0 Å². The van der Waals surface area contributed by atoms with Crippen molar-refractivity contribution in [3.05, 3.63) is 0 Å². The second-order valence-electron chi connectivity index (χ2n) is 5.80. The largest absolute Gasteiger partial charge is 0.314 e. The molecule has 0 aliphatic carbocycles. The maximum atomic E-state index is 8.81. The highest BCUT2D eigenvalue weighted by molar-refractivity contribution is 5.01. The predicted molar refractivity (Wildman–Crippen MR) is 64.4 cm³/mol. The standard InChI is InChI=1S/C12H25N3/c1-10(11(2,3)4)15(6)8-7-12(5,14)9-13/h10H,7-8,14H2,1-6H3. The zero-order valence-electron chi connectivity index (χ0n) is 11.0. The zero-order valence-corrected chi connectivity index (χ0v) is 11.0. The Labute approximate surface area is 94.2 Å². The van der Waals surface area contributed by atoms with Crippen molar-refractivity contribution in [2.45, 2.75) is 52.6 Å². The van der Waals surface area contributed by atoms with Crippen LogP contribution in [0.4, 0.5) is 0 Å². The SMILES string of the molecule is CC(N(C)CCC(C)(N)C#N)C(C)(C)C. The maximum absolute atomic E-state index is 8.81. The molecule has 0 fully saturated rings. The van der Waals surface area contributed by atoms with Crippen LogP contribution in [0.2, 0.25) is 0 Å². The van der Waals surface area contributed by atoms with E-state index in [1.807, 2.05) is 0 Å². The van der Waals surface area contributed by atoms with Gasteiger partial charge in [-0.1, -0.05) is 20.8 Å². The summed E-state index contributed by atoms with van der Waals surface area (Å²) >= 11 is 0. The Hall–Kier alpha value is -0.590. The Kier molecular flexibility index (Phi) is 4.76. The molecule has 0 aliphatic rings. The van der Waals surface area contributed by atoms with E-state index in [-0.39, 0.29) is 5.41 Å². The summed E-state index contributed by atoms with van der Waals surface area (Å²) in [6, 6.07) is 2.60. The lowest BCUT2D eigenvalue weighted by molar-refractivity contribution is 0.135. The molecule has 0 aromatic heterocycles. The van der Waals surface area contributed by atoms with Gasteiger partial charge >= 0.3 is 0 Å². The number of nitriles is 1. The number of nitrogens with two attached hydrogens (primary N) is 1. The van der Waals surface area contributed by atoms with Gasteiger partial charge in [-0.15, -0.1) is 0 Å². The first kappa shape index (κ1) is 14.4.